The fraction of sp³-hybridized carbons (Fsp3) is 0.478. The SMILES string of the molecule is CCCCCCCCCCCc1ccccc1Oc1ccccc1. The fourth-order valence-electron chi connectivity index (χ4n) is 3.05. The summed E-state index contributed by atoms with van der Waals surface area (Å²) in [7, 11) is 0. The number of para-hydroxylation sites is 2. The largest absolute Gasteiger partial charge is 0.457 e. The van der Waals surface area contributed by atoms with E-state index in [1.54, 1.807) is 0 Å². The van der Waals surface area contributed by atoms with Gasteiger partial charge in [-0.15, -0.1) is 0 Å². The second-order valence-electron chi connectivity index (χ2n) is 6.60. The van der Waals surface area contributed by atoms with Crippen LogP contribution in [0.15, 0.2) is 54.6 Å². The molecule has 0 N–H and O–H groups in total. The third-order valence-electron chi connectivity index (χ3n) is 4.49. The molecule has 0 aliphatic rings. The molecule has 0 aliphatic carbocycles. The predicted molar refractivity (Wildman–Crippen MR) is 104 cm³/mol. The average Bonchev–Trinajstić information content (AvgIpc) is 2.62. The van der Waals surface area contributed by atoms with Crippen LogP contribution in [0.2, 0.25) is 0 Å². The molecule has 0 heterocycles. The van der Waals surface area contributed by atoms with Gasteiger partial charge in [0.25, 0.3) is 0 Å². The Labute approximate surface area is 148 Å². The van der Waals surface area contributed by atoms with E-state index in [1.165, 1.54) is 63.4 Å². The Bertz CT molecular complexity index is 547. The summed E-state index contributed by atoms with van der Waals surface area (Å²) in [5.41, 5.74) is 1.32. The zero-order valence-corrected chi connectivity index (χ0v) is 15.2. The lowest BCUT2D eigenvalue weighted by atomic mass is 10.0. The molecule has 0 aromatic heterocycles. The van der Waals surface area contributed by atoms with E-state index in [4.69, 9.17) is 4.74 Å². The number of aryl methyl sites for hydroxylation is 1. The van der Waals surface area contributed by atoms with Gasteiger partial charge in [0.1, 0.15) is 11.5 Å². The summed E-state index contributed by atoms with van der Waals surface area (Å²) in [5, 5.41) is 0. The molecule has 0 bridgehead atoms. The van der Waals surface area contributed by atoms with Gasteiger partial charge >= 0.3 is 0 Å². The summed E-state index contributed by atoms with van der Waals surface area (Å²) in [6.07, 6.45) is 13.4. The maximum atomic E-state index is 6.04. The van der Waals surface area contributed by atoms with Crippen LogP contribution in [0.3, 0.4) is 0 Å². The van der Waals surface area contributed by atoms with Crippen LogP contribution >= 0.6 is 0 Å². The third-order valence-corrected chi connectivity index (χ3v) is 4.49. The van der Waals surface area contributed by atoms with Gasteiger partial charge < -0.3 is 4.74 Å². The molecule has 24 heavy (non-hydrogen) atoms. The molecule has 0 atom stereocenters. The van der Waals surface area contributed by atoms with E-state index in [2.05, 4.69) is 31.2 Å². The van der Waals surface area contributed by atoms with E-state index in [0.29, 0.717) is 0 Å². The molecule has 130 valence electrons. The number of hydrogen-bond acceptors (Lipinski definition) is 1. The highest BCUT2D eigenvalue weighted by Crippen LogP contribution is 2.26. The van der Waals surface area contributed by atoms with Crippen molar-refractivity contribution in [2.45, 2.75) is 71.1 Å². The highest BCUT2D eigenvalue weighted by Gasteiger charge is 2.04. The van der Waals surface area contributed by atoms with Gasteiger partial charge in [-0.05, 0) is 36.6 Å². The molecule has 0 unspecified atom stereocenters. The van der Waals surface area contributed by atoms with Gasteiger partial charge in [0.2, 0.25) is 0 Å². The van der Waals surface area contributed by atoms with Crippen LogP contribution in [-0.4, -0.2) is 0 Å². The van der Waals surface area contributed by atoms with Crippen molar-refractivity contribution < 1.29 is 4.74 Å². The fourth-order valence-corrected chi connectivity index (χ4v) is 3.05. The molecule has 0 fully saturated rings. The molecule has 0 aliphatic heterocycles. The number of ether oxygens (including phenoxy) is 1. The van der Waals surface area contributed by atoms with Crippen LogP contribution in [0.25, 0.3) is 0 Å². The standard InChI is InChI=1S/C23H32O/c1-2-3-4-5-6-7-8-9-11-16-21-17-14-15-20-23(21)24-22-18-12-10-13-19-22/h10,12-15,17-20H,2-9,11,16H2,1H3. The number of hydrogen-bond donors (Lipinski definition) is 0. The van der Waals surface area contributed by atoms with Gasteiger partial charge in [-0.3, -0.25) is 0 Å². The predicted octanol–water partition coefficient (Wildman–Crippen LogP) is 7.55. The van der Waals surface area contributed by atoms with E-state index in [-0.39, 0.29) is 0 Å². The van der Waals surface area contributed by atoms with Crippen molar-refractivity contribution in [1.82, 2.24) is 0 Å². The molecular formula is C23H32O. The molecule has 2 aromatic rings. The van der Waals surface area contributed by atoms with Crippen molar-refractivity contribution in [2.24, 2.45) is 0 Å². The molecule has 1 nitrogen and oxygen atoms in total. The first kappa shape index (κ1) is 18.6. The maximum Gasteiger partial charge on any atom is 0.130 e. The first-order chi connectivity index (χ1) is 11.9. The van der Waals surface area contributed by atoms with Gasteiger partial charge in [0.05, 0.1) is 0 Å². The highest BCUT2D eigenvalue weighted by atomic mass is 16.5. The van der Waals surface area contributed by atoms with Gasteiger partial charge in [0, 0.05) is 0 Å². The summed E-state index contributed by atoms with van der Waals surface area (Å²) in [6, 6.07) is 18.5. The van der Waals surface area contributed by atoms with Gasteiger partial charge in [-0.2, -0.15) is 0 Å². The Balaban J connectivity index is 1.67. The Morgan fingerprint density at radius 2 is 1.21 bits per heavy atom. The van der Waals surface area contributed by atoms with Crippen LogP contribution in [0, 0.1) is 0 Å². The summed E-state index contributed by atoms with van der Waals surface area (Å²) >= 11 is 0. The second-order valence-corrected chi connectivity index (χ2v) is 6.60. The molecule has 1 heteroatoms. The normalized spacial score (nSPS) is 10.7. The maximum absolute atomic E-state index is 6.04. The Hall–Kier alpha value is -1.76. The van der Waals surface area contributed by atoms with Gasteiger partial charge in [0.15, 0.2) is 0 Å². The minimum absolute atomic E-state index is 0.914. The first-order valence-corrected chi connectivity index (χ1v) is 9.71. The Morgan fingerprint density at radius 3 is 1.92 bits per heavy atom. The van der Waals surface area contributed by atoms with Crippen LogP contribution in [0.1, 0.15) is 70.3 Å². The van der Waals surface area contributed by atoms with Crippen LogP contribution in [0.5, 0.6) is 11.5 Å². The zero-order valence-electron chi connectivity index (χ0n) is 15.2. The van der Waals surface area contributed by atoms with Crippen molar-refractivity contribution in [3.05, 3.63) is 60.2 Å². The summed E-state index contributed by atoms with van der Waals surface area (Å²) < 4.78 is 6.04. The lowest BCUT2D eigenvalue weighted by molar-refractivity contribution is 0.474. The lowest BCUT2D eigenvalue weighted by Gasteiger charge is -2.11. The second kappa shape index (κ2) is 11.7. The molecule has 0 amide bonds. The van der Waals surface area contributed by atoms with E-state index >= 15 is 0 Å². The Kier molecular flexibility index (Phi) is 9.08. The minimum atomic E-state index is 0.914. The quantitative estimate of drug-likeness (QED) is 0.366. The smallest absolute Gasteiger partial charge is 0.130 e. The van der Waals surface area contributed by atoms with Crippen LogP contribution < -0.4 is 4.74 Å². The highest BCUT2D eigenvalue weighted by molar-refractivity contribution is 5.37. The molecule has 0 radical (unpaired) electrons. The van der Waals surface area contributed by atoms with E-state index in [9.17, 15) is 0 Å². The van der Waals surface area contributed by atoms with Crippen LogP contribution in [0.4, 0.5) is 0 Å². The van der Waals surface area contributed by atoms with E-state index in [1.807, 2.05) is 30.3 Å². The topological polar surface area (TPSA) is 9.23 Å². The molecule has 2 rings (SSSR count). The van der Waals surface area contributed by atoms with E-state index < -0.39 is 0 Å². The first-order valence-electron chi connectivity index (χ1n) is 9.71. The van der Waals surface area contributed by atoms with Gasteiger partial charge in [-0.1, -0.05) is 94.7 Å². The van der Waals surface area contributed by atoms with Crippen molar-refractivity contribution >= 4 is 0 Å². The average molecular weight is 325 g/mol. The van der Waals surface area contributed by atoms with Crippen molar-refractivity contribution in [1.29, 1.82) is 0 Å². The third kappa shape index (κ3) is 7.21. The molecular weight excluding hydrogens is 292 g/mol. The molecule has 0 saturated carbocycles. The molecule has 0 spiro atoms. The molecule has 0 saturated heterocycles. The van der Waals surface area contributed by atoms with E-state index in [0.717, 1.165) is 17.9 Å². The Morgan fingerprint density at radius 1 is 0.625 bits per heavy atom. The summed E-state index contributed by atoms with van der Waals surface area (Å²) in [5.74, 6) is 1.92. The van der Waals surface area contributed by atoms with Gasteiger partial charge in [-0.25, -0.2) is 0 Å². The monoisotopic (exact) mass is 324 g/mol. The van der Waals surface area contributed by atoms with Crippen molar-refractivity contribution in [3.8, 4) is 11.5 Å². The van der Waals surface area contributed by atoms with Crippen molar-refractivity contribution in [3.63, 3.8) is 0 Å². The minimum Gasteiger partial charge on any atom is -0.457 e. The van der Waals surface area contributed by atoms with Crippen molar-refractivity contribution in [2.75, 3.05) is 0 Å². The summed E-state index contributed by atoms with van der Waals surface area (Å²) in [4.78, 5) is 0. The summed E-state index contributed by atoms with van der Waals surface area (Å²) in [6.45, 7) is 2.28. The van der Waals surface area contributed by atoms with Crippen LogP contribution in [-0.2, 0) is 6.42 Å². The zero-order chi connectivity index (χ0) is 16.9. The lowest BCUT2D eigenvalue weighted by Crippen LogP contribution is -1.92. The number of rotatable bonds is 12. The number of unbranched alkanes of at least 4 members (excludes halogenated alkanes) is 8. The number of benzene rings is 2. The molecule has 2 aromatic carbocycles.